The van der Waals surface area contributed by atoms with E-state index in [4.69, 9.17) is 196 Å². The van der Waals surface area contributed by atoms with Crippen LogP contribution in [0.5, 0.6) is 0 Å². The Balaban J connectivity index is 0.803. The predicted octanol–water partition coefficient (Wildman–Crippen LogP) is -3.69. The number of nitrogens with one attached hydrogen (secondary N) is 5. The first-order chi connectivity index (χ1) is 70.3. The molecule has 29 atom stereocenters. The van der Waals surface area contributed by atoms with E-state index in [9.17, 15) is 67.7 Å². The summed E-state index contributed by atoms with van der Waals surface area (Å²) >= 11 is 28.5. The fourth-order valence-electron chi connectivity index (χ4n) is 16.6. The number of fused-ring (bicyclic) bond motifs is 1. The molecule has 826 valence electrons. The molecule has 0 bridgehead atoms. The molecule has 0 aromatic carbocycles. The molecule has 6 aliphatic heterocycles. The number of rotatable bonds is 56. The molecule has 69 heteroatoms. The Morgan fingerprint density at radius 3 is 0.959 bits per heavy atom. The molecule has 59 nitrogen and oxygen atoms in total. The van der Waals surface area contributed by atoms with Crippen molar-refractivity contribution in [2.75, 3.05) is 161 Å². The molecule has 10 N–H and O–H groups in total. The van der Waals surface area contributed by atoms with Gasteiger partial charge in [0.2, 0.25) is 0 Å². The summed E-state index contributed by atoms with van der Waals surface area (Å²) in [6, 6.07) is 0. The van der Waals surface area contributed by atoms with E-state index < -0.39 is 277 Å². The number of ether oxygens (including phenoxy) is 18. The number of anilines is 1. The summed E-state index contributed by atoms with van der Waals surface area (Å²) in [4.78, 5) is 212. The van der Waals surface area contributed by atoms with E-state index in [-0.39, 0.29) is 124 Å². The molecule has 6 aliphatic rings. The van der Waals surface area contributed by atoms with E-state index in [1.807, 2.05) is 0 Å². The average Bonchev–Trinajstić information content (AvgIpc) is 1.61. The monoisotopic (exact) mass is 2290 g/mol. The molecule has 13 heterocycles. The maximum Gasteiger partial charge on any atom is 0.330 e. The van der Waals surface area contributed by atoms with Crippen LogP contribution in [0.3, 0.4) is 0 Å². The van der Waals surface area contributed by atoms with Gasteiger partial charge in [-0.1, -0.05) is 30.5 Å². The van der Waals surface area contributed by atoms with Gasteiger partial charge in [-0.15, -0.1) is 0 Å². The zero-order valence-electron chi connectivity index (χ0n) is 81.1. The topological polar surface area (TPSA) is 726 Å². The highest BCUT2D eigenvalue weighted by molar-refractivity contribution is 8.32. The highest BCUT2D eigenvalue weighted by Crippen LogP contribution is 2.58. The number of aromatic amines is 5. The van der Waals surface area contributed by atoms with Crippen molar-refractivity contribution >= 4 is 110 Å². The summed E-state index contributed by atoms with van der Waals surface area (Å²) < 4.78 is 191. The van der Waals surface area contributed by atoms with Crippen LogP contribution in [-0.4, -0.2) is 347 Å². The summed E-state index contributed by atoms with van der Waals surface area (Å²) in [6.07, 6.45) is -31.0. The first-order valence-electron chi connectivity index (χ1n) is 45.3. The van der Waals surface area contributed by atoms with Crippen molar-refractivity contribution in [1.82, 2.24) is 67.3 Å². The summed E-state index contributed by atoms with van der Waals surface area (Å²) in [6.45, 7) is -24.3. The molecule has 0 amide bonds. The highest BCUT2D eigenvalue weighted by atomic mass is 32.7. The maximum atomic E-state index is 15.7. The molecule has 0 radical (unpaired) electrons. The maximum absolute atomic E-state index is 15.7. The molecule has 6 saturated heterocycles. The van der Waals surface area contributed by atoms with Gasteiger partial charge in [0.05, 0.1) is 125 Å². The average molecular weight is 2290 g/mol. The van der Waals surface area contributed by atoms with Gasteiger partial charge in [0.25, 0.3) is 27.8 Å². The Morgan fingerprint density at radius 1 is 0.372 bits per heavy atom. The van der Waals surface area contributed by atoms with Crippen LogP contribution < -0.4 is 71.8 Å². The largest absolute Gasteiger partial charge is 0.780 e. The van der Waals surface area contributed by atoms with Crippen molar-refractivity contribution in [2.24, 2.45) is 0 Å². The number of aromatic nitrogens is 14. The van der Waals surface area contributed by atoms with Crippen molar-refractivity contribution in [3.8, 4) is 0 Å². The van der Waals surface area contributed by atoms with Crippen LogP contribution in [0, 0.1) is 34.6 Å². The summed E-state index contributed by atoms with van der Waals surface area (Å²) in [7, 11) is 8.08. The molecular formula is C79H113N15O44P5S5-3. The normalized spacial score (nSPS) is 29.3. The van der Waals surface area contributed by atoms with Crippen molar-refractivity contribution in [3.05, 3.63) is 176 Å². The smallest absolute Gasteiger partial charge is 0.330 e. The molecule has 6 fully saturated rings. The lowest BCUT2D eigenvalue weighted by atomic mass is 10.1. The fraction of sp³-hybridized carbons (Fsp3) is 0.684. The molecule has 0 spiro atoms. The van der Waals surface area contributed by atoms with Crippen LogP contribution in [0.1, 0.15) is 78.5 Å². The molecule has 7 aromatic rings. The molecule has 13 rings (SSSR count). The van der Waals surface area contributed by atoms with Gasteiger partial charge in [-0.05, 0) is 64.7 Å². The quantitative estimate of drug-likeness (QED) is 0.0101. The number of nitrogens with zero attached hydrogens (tertiary/aromatic N) is 9. The summed E-state index contributed by atoms with van der Waals surface area (Å²) in [5.74, 6) is -0.0724. The molecule has 0 aliphatic carbocycles. The number of hydrogen-bond donors (Lipinski definition) is 9. The molecular weight excluding hydrogens is 2180 g/mol. The Bertz CT molecular complexity index is 6640. The first-order valence-corrected chi connectivity index (χ1v) is 58.1. The number of aryl methyl sites for hydroxylation is 5. The number of imidazole rings is 1. The lowest BCUT2D eigenvalue weighted by molar-refractivity contribution is -0.219. The zero-order chi connectivity index (χ0) is 107. The second-order valence-electron chi connectivity index (χ2n) is 33.8. The Kier molecular flexibility index (Phi) is 42.0. The second kappa shape index (κ2) is 52.4. The van der Waals surface area contributed by atoms with Crippen LogP contribution >= 0.6 is 33.7 Å². The third-order valence-corrected chi connectivity index (χ3v) is 31.5. The first kappa shape index (κ1) is 119. The predicted molar refractivity (Wildman–Crippen MR) is 520 cm³/mol. The van der Waals surface area contributed by atoms with Crippen LogP contribution in [0.25, 0.3) is 11.2 Å². The third kappa shape index (κ3) is 29.1. The van der Waals surface area contributed by atoms with E-state index >= 15 is 9.46 Å². The lowest BCUT2D eigenvalue weighted by Crippen LogP contribution is -2.42. The Hall–Kier alpha value is -6.39. The van der Waals surface area contributed by atoms with Crippen molar-refractivity contribution in [2.45, 2.75) is 195 Å². The Morgan fingerprint density at radius 2 is 0.635 bits per heavy atom. The number of methoxy groups -OCH3 is 6. The van der Waals surface area contributed by atoms with Gasteiger partial charge < -0.3 is 164 Å². The van der Waals surface area contributed by atoms with E-state index in [1.54, 1.807) is 6.92 Å². The van der Waals surface area contributed by atoms with Gasteiger partial charge in [0, 0.05) is 101 Å². The van der Waals surface area contributed by atoms with E-state index in [1.165, 1.54) is 101 Å². The van der Waals surface area contributed by atoms with E-state index in [0.717, 1.165) is 47.8 Å². The van der Waals surface area contributed by atoms with Gasteiger partial charge >= 0.3 is 41.9 Å². The van der Waals surface area contributed by atoms with Crippen molar-refractivity contribution in [3.63, 3.8) is 0 Å². The summed E-state index contributed by atoms with van der Waals surface area (Å²) in [5.41, 5.74) is -2.70. The number of nitrogens with two attached hydrogens (primary N) is 1. The standard InChI is InChI=1S/C79H116N15O44P5S5/c1-13-43-51(57(118-21-15-112-8)70(128-43)90-27-39(3)65(97)85-76(90)102)134-140(107,145)124-32-45-52(58(119-22-16-113-9)71(130-45)91-28-40(4)66(98)86-77(91)103)135-141(108,146)125-33-46-53(59(120-23-17-114-10)72(131-46)92-29-41(5)67(99)87-78(92)104)136-142(109,147)126-34-47-54(60(121-24-18-115-11)73(132-47)93-30-42(6)68(100)88-79(93)105)137-143(110,148)127-35-48-55(61(122-25-19-116-12)74(133-48)94-37-83-49-62(80)81-36-82-63(49)94)138-139(106,144)123-31-44-50(95)56(117-20-14-111-7)69(129-44)89-26-38(2)64(96)84-75(89)101/h26-30,36-37,43-48,50-61,69-74,95H,13-25,31-35H2,1-12H3,(H,106,144)(H,107,145)(H,108,146)(H,109,147)(H,110,148)(H2,80,81,82)(H,84,96,101)(H,85,97,102)(H,86,98,103)(H,87,99,104)(H,88,100,105)/p-3/t43-,44-,45-,46-,47-,48-,50?,51?,52?,53?,54?,55?,56+,57+,58+,59+,60+,61+,69-,70-,71-,72-,73-,74-,139?,140?,141?,142?,143?/m1/s1. The number of hydrogen-bond acceptors (Lipinski definition) is 51. The van der Waals surface area contributed by atoms with Gasteiger partial charge in [-0.3, -0.25) is 89.9 Å². The van der Waals surface area contributed by atoms with Crippen molar-refractivity contribution < 1.29 is 160 Å². The SMILES string of the molecule is CC[C@H]1O[C@@H](n2cc(C)c(=O)[nH]c2=O)[C@@H](OCCOC)C1OP([O-])(=S)OC[C@H]1O[C@@H](n2cc(C)c(=O)[nH]c2=O)[C@@H](OCCOC)C1OP(=O)([S-])OC[C@H]1O[C@@H](n2cc(C)c(=O)[nH]c2=O)[C@@H](OCCOC)C1OP([O-])(=S)OC[C@H]1O[C@@H](n2cc(C)c(=O)[nH]c2=O)[C@@H](OCCOC)C1OP(O)(=S)OC[C@H]1O[C@@H](n2cnc3c(N)ncnc32)[C@@H](OCCOC)C1OP(O)(=S)OC[C@H]1O[C@@H](n2cc(C)c(=O)[nH]c2=O)[C@@H](OCCOC)C1O. The van der Waals surface area contributed by atoms with Crippen LogP contribution in [0.4, 0.5) is 5.82 Å². The highest BCUT2D eigenvalue weighted by Gasteiger charge is 2.58. The molecule has 11 unspecified atom stereocenters. The number of nitrogen functional groups attached to an aromatic ring is 1. The van der Waals surface area contributed by atoms with Gasteiger partial charge in [0.15, 0.2) is 55.6 Å². The number of H-pyrrole nitrogens is 5. The van der Waals surface area contributed by atoms with E-state index in [2.05, 4.69) is 39.9 Å². The molecule has 0 saturated carbocycles. The number of aliphatic hydroxyl groups excluding tert-OH is 1. The molecule has 7 aromatic heterocycles. The van der Waals surface area contributed by atoms with Gasteiger partial charge in [0.1, 0.15) is 129 Å². The minimum Gasteiger partial charge on any atom is -0.780 e. The van der Waals surface area contributed by atoms with Crippen LogP contribution in [0.2, 0.25) is 0 Å². The summed E-state index contributed by atoms with van der Waals surface area (Å²) in [5, 5.41) is 11.8. The minimum atomic E-state index is -5.40. The Labute approximate surface area is 863 Å². The van der Waals surface area contributed by atoms with Gasteiger partial charge in [-0.2, -0.15) is 0 Å². The second-order valence-corrected chi connectivity index (χ2v) is 47.5. The third-order valence-electron chi connectivity index (χ3n) is 23.7. The van der Waals surface area contributed by atoms with Crippen LogP contribution in [0.15, 0.2) is 91.6 Å². The van der Waals surface area contributed by atoms with Crippen LogP contribution in [-0.2, 0) is 195 Å². The molecule has 148 heavy (non-hydrogen) atoms. The lowest BCUT2D eigenvalue weighted by Gasteiger charge is -2.37. The van der Waals surface area contributed by atoms with Crippen molar-refractivity contribution in [1.29, 1.82) is 0 Å². The fourth-order valence-corrected chi connectivity index (χ4v) is 23.7. The van der Waals surface area contributed by atoms with E-state index in [0.29, 0.717) is 0 Å². The van der Waals surface area contributed by atoms with Gasteiger partial charge in [-0.25, -0.2) is 38.9 Å². The number of aliphatic hydroxyl groups is 1. The zero-order valence-corrected chi connectivity index (χ0v) is 89.6. The minimum absolute atomic E-state index is 0.00556.